The summed E-state index contributed by atoms with van der Waals surface area (Å²) in [6.07, 6.45) is 1.61. The highest BCUT2D eigenvalue weighted by molar-refractivity contribution is 6.63. The maximum atomic E-state index is 9.77. The van der Waals surface area contributed by atoms with Crippen molar-refractivity contribution < 1.29 is 14.5 Å². The molecule has 3 rings (SSSR count). The molecular weight excluding hydrogens is 253 g/mol. The van der Waals surface area contributed by atoms with Crippen molar-refractivity contribution in [3.8, 4) is 0 Å². The zero-order valence-corrected chi connectivity index (χ0v) is 10.9. The lowest BCUT2D eigenvalue weighted by atomic mass is 9.76. The molecule has 20 heavy (non-hydrogen) atoms. The van der Waals surface area contributed by atoms with Gasteiger partial charge in [0.25, 0.3) is 0 Å². The minimum absolute atomic E-state index is 0.422. The van der Waals surface area contributed by atoms with Crippen LogP contribution in [-0.2, 0) is 22.7 Å². The summed E-state index contributed by atoms with van der Waals surface area (Å²) in [6.45, 7) is 0.856. The Morgan fingerprint density at radius 3 is 2.90 bits per heavy atom. The van der Waals surface area contributed by atoms with Crippen LogP contribution < -0.4 is 5.46 Å². The molecule has 0 fully saturated rings. The van der Waals surface area contributed by atoms with Crippen LogP contribution >= 0.6 is 0 Å². The molecule has 4 nitrogen and oxygen atoms in total. The molecule has 0 unspecified atom stereocenters. The van der Waals surface area contributed by atoms with Crippen LogP contribution in [0.5, 0.6) is 0 Å². The van der Waals surface area contributed by atoms with E-state index in [0.29, 0.717) is 13.2 Å². The molecule has 0 bridgehead atoms. The van der Waals surface area contributed by atoms with Crippen LogP contribution in [0.2, 0.25) is 0 Å². The molecule has 2 aromatic carbocycles. The molecule has 0 aliphatic carbocycles. The van der Waals surface area contributed by atoms with E-state index < -0.39 is 7.12 Å². The summed E-state index contributed by atoms with van der Waals surface area (Å²) in [6, 6.07) is 15.6. The molecule has 0 spiro atoms. The molecule has 0 saturated carbocycles. The summed E-state index contributed by atoms with van der Waals surface area (Å²) >= 11 is 0. The van der Waals surface area contributed by atoms with Crippen LogP contribution in [-0.4, -0.2) is 18.4 Å². The third kappa shape index (κ3) is 2.74. The summed E-state index contributed by atoms with van der Waals surface area (Å²) in [7, 11) is -0.873. The van der Waals surface area contributed by atoms with Gasteiger partial charge in [-0.15, -0.1) is 0 Å². The fourth-order valence-electron chi connectivity index (χ4n) is 2.20. The number of rotatable bonds is 4. The van der Waals surface area contributed by atoms with Gasteiger partial charge in [-0.3, -0.25) is 0 Å². The van der Waals surface area contributed by atoms with Gasteiger partial charge in [0.15, 0.2) is 0 Å². The van der Waals surface area contributed by atoms with Crippen LogP contribution in [0.4, 0.5) is 0 Å². The normalized spacial score (nSPS) is 13.8. The average Bonchev–Trinajstić information content (AvgIpc) is 2.87. The first kappa shape index (κ1) is 12.9. The van der Waals surface area contributed by atoms with E-state index in [-0.39, 0.29) is 0 Å². The first-order valence-electron chi connectivity index (χ1n) is 6.45. The lowest BCUT2D eigenvalue weighted by Crippen LogP contribution is -2.31. The van der Waals surface area contributed by atoms with Gasteiger partial charge in [-0.2, -0.15) is 0 Å². The fraction of sp³-hybridized carbons (Fsp3) is 0.133. The van der Waals surface area contributed by atoms with Crippen LogP contribution in [0.25, 0.3) is 0 Å². The zero-order valence-electron chi connectivity index (χ0n) is 10.9. The Morgan fingerprint density at radius 2 is 2.05 bits per heavy atom. The Balaban J connectivity index is 1.67. The SMILES string of the molecule is OB1OCc2cccc(/C=N/OCc3ccccc3)c21. The molecule has 0 aromatic heterocycles. The standard InChI is InChI=1S/C15H14BNO3/c18-16-15-13(7-4-8-14(15)11-19-16)9-17-20-10-12-5-2-1-3-6-12/h1-9,18H,10-11H2/b17-9+. The van der Waals surface area contributed by atoms with Gasteiger partial charge in [0.05, 0.1) is 12.8 Å². The van der Waals surface area contributed by atoms with E-state index in [1.54, 1.807) is 6.21 Å². The first-order chi connectivity index (χ1) is 9.84. The maximum Gasteiger partial charge on any atom is 0.492 e. The molecular formula is C15H14BNO3. The third-order valence-corrected chi connectivity index (χ3v) is 3.21. The minimum Gasteiger partial charge on any atom is -0.423 e. The summed E-state index contributed by atoms with van der Waals surface area (Å²) in [5.41, 5.74) is 3.65. The average molecular weight is 267 g/mol. The van der Waals surface area contributed by atoms with Gasteiger partial charge in [0.1, 0.15) is 6.61 Å². The van der Waals surface area contributed by atoms with E-state index in [2.05, 4.69) is 5.16 Å². The summed E-state index contributed by atoms with van der Waals surface area (Å²) in [5.74, 6) is 0. The van der Waals surface area contributed by atoms with Crippen molar-refractivity contribution in [2.24, 2.45) is 5.16 Å². The second-order valence-corrected chi connectivity index (χ2v) is 4.58. The number of nitrogens with zero attached hydrogens (tertiary/aromatic N) is 1. The van der Waals surface area contributed by atoms with E-state index in [1.807, 2.05) is 48.5 Å². The van der Waals surface area contributed by atoms with Crippen molar-refractivity contribution in [2.75, 3.05) is 0 Å². The topological polar surface area (TPSA) is 51.0 Å². The number of fused-ring (bicyclic) bond motifs is 1. The summed E-state index contributed by atoms with van der Waals surface area (Å²) in [4.78, 5) is 5.27. The Hall–Kier alpha value is -2.11. The second kappa shape index (κ2) is 5.90. The number of oxime groups is 1. The lowest BCUT2D eigenvalue weighted by molar-refractivity contribution is 0.132. The van der Waals surface area contributed by atoms with Gasteiger partial charge in [0.2, 0.25) is 0 Å². The molecule has 0 atom stereocenters. The van der Waals surface area contributed by atoms with E-state index in [9.17, 15) is 5.02 Å². The van der Waals surface area contributed by atoms with Crippen molar-refractivity contribution in [1.82, 2.24) is 0 Å². The van der Waals surface area contributed by atoms with Gasteiger partial charge in [0, 0.05) is 0 Å². The fourth-order valence-corrected chi connectivity index (χ4v) is 2.20. The van der Waals surface area contributed by atoms with Gasteiger partial charge in [-0.05, 0) is 22.2 Å². The van der Waals surface area contributed by atoms with Gasteiger partial charge in [-0.25, -0.2) is 0 Å². The van der Waals surface area contributed by atoms with Crippen molar-refractivity contribution in [1.29, 1.82) is 0 Å². The molecule has 1 aliphatic heterocycles. The lowest BCUT2D eigenvalue weighted by Gasteiger charge is -2.03. The molecule has 1 N–H and O–H groups in total. The van der Waals surface area contributed by atoms with Crippen LogP contribution in [0, 0.1) is 0 Å². The number of hydrogen-bond donors (Lipinski definition) is 1. The Morgan fingerprint density at radius 1 is 1.20 bits per heavy atom. The van der Waals surface area contributed by atoms with Crippen LogP contribution in [0.3, 0.4) is 0 Å². The van der Waals surface area contributed by atoms with Crippen molar-refractivity contribution >= 4 is 18.8 Å². The molecule has 1 aliphatic rings. The monoisotopic (exact) mass is 267 g/mol. The molecule has 0 saturated heterocycles. The highest BCUT2D eigenvalue weighted by atomic mass is 16.6. The van der Waals surface area contributed by atoms with E-state index in [1.165, 1.54) is 0 Å². The van der Waals surface area contributed by atoms with Crippen LogP contribution in [0.1, 0.15) is 16.7 Å². The highest BCUT2D eigenvalue weighted by Crippen LogP contribution is 2.11. The van der Waals surface area contributed by atoms with Crippen molar-refractivity contribution in [3.63, 3.8) is 0 Å². The molecule has 0 amide bonds. The Kier molecular flexibility index (Phi) is 3.81. The highest BCUT2D eigenvalue weighted by Gasteiger charge is 2.29. The number of hydrogen-bond acceptors (Lipinski definition) is 4. The first-order valence-corrected chi connectivity index (χ1v) is 6.45. The van der Waals surface area contributed by atoms with Gasteiger partial charge >= 0.3 is 7.12 Å². The Bertz CT molecular complexity index is 616. The second-order valence-electron chi connectivity index (χ2n) is 4.58. The van der Waals surface area contributed by atoms with Gasteiger partial charge < -0.3 is 14.5 Å². The summed E-state index contributed by atoms with van der Waals surface area (Å²) in [5, 5.41) is 13.7. The number of benzene rings is 2. The molecule has 2 aromatic rings. The predicted molar refractivity (Wildman–Crippen MR) is 77.7 cm³/mol. The summed E-state index contributed by atoms with van der Waals surface area (Å²) < 4.78 is 5.19. The Labute approximate surface area is 117 Å². The maximum absolute atomic E-state index is 9.77. The predicted octanol–water partition coefficient (Wildman–Crippen LogP) is 1.46. The minimum atomic E-state index is -0.873. The zero-order chi connectivity index (χ0) is 13.8. The third-order valence-electron chi connectivity index (χ3n) is 3.21. The quantitative estimate of drug-likeness (QED) is 0.518. The van der Waals surface area contributed by atoms with Gasteiger partial charge in [-0.1, -0.05) is 53.7 Å². The molecule has 100 valence electrons. The van der Waals surface area contributed by atoms with E-state index in [0.717, 1.165) is 22.2 Å². The molecule has 0 radical (unpaired) electrons. The van der Waals surface area contributed by atoms with E-state index in [4.69, 9.17) is 9.49 Å². The van der Waals surface area contributed by atoms with Crippen molar-refractivity contribution in [3.05, 3.63) is 65.2 Å². The molecule has 1 heterocycles. The largest absolute Gasteiger partial charge is 0.492 e. The molecule has 5 heteroatoms. The van der Waals surface area contributed by atoms with Crippen molar-refractivity contribution in [2.45, 2.75) is 13.2 Å². The smallest absolute Gasteiger partial charge is 0.423 e. The van der Waals surface area contributed by atoms with Crippen LogP contribution in [0.15, 0.2) is 53.7 Å². The van der Waals surface area contributed by atoms with E-state index >= 15 is 0 Å².